The van der Waals surface area contributed by atoms with Gasteiger partial charge in [-0.1, -0.05) is 0 Å². The average molecular weight is 389 g/mol. The van der Waals surface area contributed by atoms with Gasteiger partial charge in [0.15, 0.2) is 0 Å². The molecule has 0 aromatic heterocycles. The van der Waals surface area contributed by atoms with E-state index in [0.29, 0.717) is 5.06 Å². The summed E-state index contributed by atoms with van der Waals surface area (Å²) in [5.74, 6) is -1.62. The third-order valence-corrected chi connectivity index (χ3v) is 3.03. The average Bonchev–Trinajstić information content (AvgIpc) is 2.52. The minimum Gasteiger partial charge on any atom is -0.427 e. The second kappa shape index (κ2) is 5.04. The van der Waals surface area contributed by atoms with Crippen molar-refractivity contribution in [3.8, 4) is 0 Å². The second-order valence-corrected chi connectivity index (χ2v) is 6.39. The van der Waals surface area contributed by atoms with Crippen molar-refractivity contribution in [3.05, 3.63) is 27.3 Å². The lowest BCUT2D eigenvalue weighted by Gasteiger charge is -2.21. The van der Waals surface area contributed by atoms with Crippen molar-refractivity contribution >= 4 is 46.1 Å². The van der Waals surface area contributed by atoms with E-state index in [0.717, 1.165) is 3.57 Å². The van der Waals surface area contributed by atoms with E-state index < -0.39 is 23.4 Å². The number of hydroxylamine groups is 1. The summed E-state index contributed by atoms with van der Waals surface area (Å²) in [4.78, 5) is 40.0. The Labute approximate surface area is 129 Å². The Bertz CT molecular complexity index is 605. The summed E-state index contributed by atoms with van der Waals surface area (Å²) in [6.07, 6.45) is -1.04. The van der Waals surface area contributed by atoms with E-state index in [1.54, 1.807) is 39.0 Å². The number of carbonyl (C=O) groups excluding carboxylic acids is 3. The number of anilines is 1. The van der Waals surface area contributed by atoms with Gasteiger partial charge in [0.05, 0.1) is 11.3 Å². The summed E-state index contributed by atoms with van der Waals surface area (Å²) in [6.45, 7) is 5.00. The number of halogens is 1. The molecule has 0 N–H and O–H groups in total. The number of hydrogen-bond acceptors (Lipinski definition) is 5. The van der Waals surface area contributed by atoms with Crippen LogP contribution in [0.2, 0.25) is 0 Å². The molecule has 0 radical (unpaired) electrons. The zero-order chi connectivity index (χ0) is 15.1. The van der Waals surface area contributed by atoms with Crippen LogP contribution in [0.15, 0.2) is 18.2 Å². The first-order valence-electron chi connectivity index (χ1n) is 5.78. The van der Waals surface area contributed by atoms with E-state index in [1.165, 1.54) is 0 Å². The summed E-state index contributed by atoms with van der Waals surface area (Å²) in [5, 5.41) is 0.668. The molecule has 1 aromatic carbocycles. The van der Waals surface area contributed by atoms with Crippen LogP contribution in [0.25, 0.3) is 0 Å². The van der Waals surface area contributed by atoms with Gasteiger partial charge in [-0.3, -0.25) is 14.4 Å². The Balaban J connectivity index is 2.24. The highest BCUT2D eigenvalue weighted by atomic mass is 127. The van der Waals surface area contributed by atoms with E-state index in [-0.39, 0.29) is 11.3 Å². The summed E-state index contributed by atoms with van der Waals surface area (Å²) in [6, 6.07) is 4.82. The standard InChI is InChI=1S/C13H12INO5/c1-13(2,3)19-12(18)20-15-9-5-4-7(14)6-8(9)10(16)11(15)17/h4-6H,1-3H3. The lowest BCUT2D eigenvalue weighted by atomic mass is 10.1. The minimum absolute atomic E-state index is 0.213. The predicted molar refractivity (Wildman–Crippen MR) is 78.3 cm³/mol. The quantitative estimate of drug-likeness (QED) is 0.420. The molecular formula is C13H12INO5. The van der Waals surface area contributed by atoms with Gasteiger partial charge in [-0.05, 0) is 61.6 Å². The number of fused-ring (bicyclic) bond motifs is 1. The first-order chi connectivity index (χ1) is 9.19. The number of carbonyl (C=O) groups is 3. The molecule has 1 aliphatic rings. The van der Waals surface area contributed by atoms with Gasteiger partial charge >= 0.3 is 12.1 Å². The van der Waals surface area contributed by atoms with Gasteiger partial charge in [-0.2, -0.15) is 0 Å². The van der Waals surface area contributed by atoms with Crippen molar-refractivity contribution in [2.75, 3.05) is 5.06 Å². The number of nitrogens with zero attached hydrogens (tertiary/aromatic N) is 1. The molecule has 0 spiro atoms. The van der Waals surface area contributed by atoms with Gasteiger partial charge in [0.25, 0.3) is 5.78 Å². The number of ketones is 1. The Morgan fingerprint density at radius 2 is 1.90 bits per heavy atom. The Hall–Kier alpha value is -1.64. The molecule has 2 rings (SSSR count). The van der Waals surface area contributed by atoms with Gasteiger partial charge in [-0.15, -0.1) is 5.06 Å². The molecule has 7 heteroatoms. The molecule has 0 saturated carbocycles. The van der Waals surface area contributed by atoms with Crippen LogP contribution in [0.1, 0.15) is 31.1 Å². The highest BCUT2D eigenvalue weighted by Crippen LogP contribution is 2.30. The van der Waals surface area contributed by atoms with Gasteiger partial charge in [0, 0.05) is 3.57 Å². The van der Waals surface area contributed by atoms with E-state index in [4.69, 9.17) is 9.57 Å². The van der Waals surface area contributed by atoms with Crippen LogP contribution >= 0.6 is 22.6 Å². The minimum atomic E-state index is -1.04. The van der Waals surface area contributed by atoms with Crippen LogP contribution in [-0.2, 0) is 14.4 Å². The number of Topliss-reactive ketones (excluding diaryl/α,β-unsaturated/α-hetero) is 1. The van der Waals surface area contributed by atoms with Crippen LogP contribution in [0, 0.1) is 3.57 Å². The number of ether oxygens (including phenoxy) is 1. The number of benzene rings is 1. The van der Waals surface area contributed by atoms with Crippen molar-refractivity contribution in [2.45, 2.75) is 26.4 Å². The number of rotatable bonds is 1. The van der Waals surface area contributed by atoms with Crippen molar-refractivity contribution in [3.63, 3.8) is 0 Å². The molecule has 20 heavy (non-hydrogen) atoms. The number of hydrogen-bond donors (Lipinski definition) is 0. The van der Waals surface area contributed by atoms with Crippen molar-refractivity contribution in [1.29, 1.82) is 0 Å². The smallest absolute Gasteiger partial charge is 0.427 e. The topological polar surface area (TPSA) is 72.9 Å². The van der Waals surface area contributed by atoms with Crippen LogP contribution in [-0.4, -0.2) is 23.4 Å². The highest BCUT2D eigenvalue weighted by Gasteiger charge is 2.39. The zero-order valence-corrected chi connectivity index (χ0v) is 13.3. The molecule has 0 unspecified atom stereocenters. The molecule has 0 atom stereocenters. The first kappa shape index (κ1) is 14.8. The Morgan fingerprint density at radius 1 is 1.25 bits per heavy atom. The molecule has 1 aliphatic heterocycles. The fourth-order valence-corrected chi connectivity index (χ4v) is 2.11. The summed E-state index contributed by atoms with van der Waals surface area (Å²) >= 11 is 2.03. The second-order valence-electron chi connectivity index (χ2n) is 5.15. The zero-order valence-electron chi connectivity index (χ0n) is 11.1. The Kier molecular flexibility index (Phi) is 3.72. The van der Waals surface area contributed by atoms with Crippen molar-refractivity contribution in [2.24, 2.45) is 0 Å². The molecule has 6 nitrogen and oxygen atoms in total. The molecule has 1 aromatic rings. The van der Waals surface area contributed by atoms with Crippen LogP contribution in [0.5, 0.6) is 0 Å². The predicted octanol–water partition coefficient (Wildman–Crippen LogP) is 2.69. The van der Waals surface area contributed by atoms with Crippen molar-refractivity contribution in [1.82, 2.24) is 0 Å². The van der Waals surface area contributed by atoms with E-state index >= 15 is 0 Å². The third-order valence-electron chi connectivity index (χ3n) is 2.36. The molecule has 0 saturated heterocycles. The largest absolute Gasteiger partial charge is 0.534 e. The Morgan fingerprint density at radius 3 is 2.50 bits per heavy atom. The fraction of sp³-hybridized carbons (Fsp3) is 0.308. The van der Waals surface area contributed by atoms with E-state index in [2.05, 4.69) is 0 Å². The SMILES string of the molecule is CC(C)(C)OC(=O)ON1C(=O)C(=O)c2cc(I)ccc21. The monoisotopic (exact) mass is 389 g/mol. The maximum atomic E-state index is 11.8. The van der Waals surface area contributed by atoms with Crippen molar-refractivity contribution < 1.29 is 24.0 Å². The molecule has 0 aliphatic carbocycles. The normalized spacial score (nSPS) is 14.3. The van der Waals surface area contributed by atoms with Crippen LogP contribution < -0.4 is 5.06 Å². The lowest BCUT2D eigenvalue weighted by molar-refractivity contribution is -0.120. The molecule has 1 heterocycles. The fourth-order valence-electron chi connectivity index (χ4n) is 1.62. The van der Waals surface area contributed by atoms with Gasteiger partial charge in [0.2, 0.25) is 0 Å². The molecule has 1 amide bonds. The maximum Gasteiger partial charge on any atom is 0.534 e. The highest BCUT2D eigenvalue weighted by molar-refractivity contribution is 14.1. The molecule has 0 fully saturated rings. The maximum absolute atomic E-state index is 11.8. The van der Waals surface area contributed by atoms with E-state index in [1.807, 2.05) is 22.6 Å². The van der Waals surface area contributed by atoms with Crippen LogP contribution in [0.3, 0.4) is 0 Å². The molecular weight excluding hydrogens is 377 g/mol. The van der Waals surface area contributed by atoms with E-state index in [9.17, 15) is 14.4 Å². The summed E-state index contributed by atoms with van der Waals surface area (Å²) in [5.41, 5.74) is -0.296. The van der Waals surface area contributed by atoms with Crippen LogP contribution in [0.4, 0.5) is 10.5 Å². The summed E-state index contributed by atoms with van der Waals surface area (Å²) < 4.78 is 5.76. The van der Waals surface area contributed by atoms with Gasteiger partial charge in [0.1, 0.15) is 5.60 Å². The lowest BCUT2D eigenvalue weighted by Crippen LogP contribution is -2.35. The number of amides is 1. The van der Waals surface area contributed by atoms with Gasteiger partial charge in [-0.25, -0.2) is 4.79 Å². The molecule has 0 bridgehead atoms. The van der Waals surface area contributed by atoms with Gasteiger partial charge < -0.3 is 4.74 Å². The third kappa shape index (κ3) is 2.92. The molecule has 106 valence electrons. The summed E-state index contributed by atoms with van der Waals surface area (Å²) in [7, 11) is 0. The first-order valence-corrected chi connectivity index (χ1v) is 6.86.